The van der Waals surface area contributed by atoms with Gasteiger partial charge in [0.05, 0.1) is 11.0 Å². The number of hydrogen-bond acceptors (Lipinski definition) is 4. The molecule has 2 fully saturated rings. The van der Waals surface area contributed by atoms with Crippen LogP contribution in [0.15, 0.2) is 54.3 Å². The van der Waals surface area contributed by atoms with Crippen LogP contribution in [0.3, 0.4) is 0 Å². The van der Waals surface area contributed by atoms with Gasteiger partial charge in [0.25, 0.3) is 0 Å². The molecule has 0 bridgehead atoms. The number of carbonyl (C=O) groups is 2. The number of likely N-dealkylation sites (tertiary alicyclic amines) is 2. The van der Waals surface area contributed by atoms with E-state index in [2.05, 4.69) is 22.3 Å². The highest BCUT2D eigenvalue weighted by Crippen LogP contribution is 2.47. The van der Waals surface area contributed by atoms with Crippen LogP contribution < -0.4 is 5.32 Å². The first-order chi connectivity index (χ1) is 14.3. The van der Waals surface area contributed by atoms with Gasteiger partial charge in [-0.15, -0.1) is 0 Å². The molecule has 160 valence electrons. The van der Waals surface area contributed by atoms with Crippen molar-refractivity contribution in [3.63, 3.8) is 0 Å². The zero-order chi connectivity index (χ0) is 21.4. The summed E-state index contributed by atoms with van der Waals surface area (Å²) in [6.07, 6.45) is 7.74. The summed E-state index contributed by atoms with van der Waals surface area (Å²) in [4.78, 5) is 29.4. The van der Waals surface area contributed by atoms with Crippen LogP contribution in [0.4, 0.5) is 4.79 Å². The lowest BCUT2D eigenvalue weighted by molar-refractivity contribution is -0.132. The van der Waals surface area contributed by atoms with E-state index in [1.807, 2.05) is 50.3 Å². The molecule has 0 radical (unpaired) electrons. The van der Waals surface area contributed by atoms with Gasteiger partial charge in [0.15, 0.2) is 0 Å². The maximum Gasteiger partial charge on any atom is 0.328 e. The Labute approximate surface area is 178 Å². The van der Waals surface area contributed by atoms with Crippen molar-refractivity contribution in [2.75, 3.05) is 19.6 Å². The quantitative estimate of drug-likeness (QED) is 0.802. The lowest BCUT2D eigenvalue weighted by Gasteiger charge is -2.38. The number of nitrogens with one attached hydrogen (secondary N) is 1. The molecular formula is C24H31N3O3. The van der Waals surface area contributed by atoms with Gasteiger partial charge in [0.2, 0.25) is 5.91 Å². The normalized spacial score (nSPS) is 25.0. The minimum atomic E-state index is -0.943. The Morgan fingerprint density at radius 3 is 2.60 bits per heavy atom. The summed E-state index contributed by atoms with van der Waals surface area (Å²) >= 11 is 0. The third-order valence-corrected chi connectivity index (χ3v) is 6.82. The minimum absolute atomic E-state index is 0.0186. The van der Waals surface area contributed by atoms with E-state index < -0.39 is 17.0 Å². The Hall–Kier alpha value is -2.44. The second-order valence-corrected chi connectivity index (χ2v) is 9.32. The Bertz CT molecular complexity index is 867. The number of nitrogens with zero attached hydrogens (tertiary/aromatic N) is 2. The van der Waals surface area contributed by atoms with Crippen LogP contribution >= 0.6 is 0 Å². The van der Waals surface area contributed by atoms with E-state index in [0.717, 1.165) is 31.8 Å². The van der Waals surface area contributed by atoms with E-state index in [1.165, 1.54) is 10.5 Å². The van der Waals surface area contributed by atoms with Crippen LogP contribution in [0, 0.1) is 11.3 Å². The Morgan fingerprint density at radius 1 is 1.20 bits per heavy atom. The smallest absolute Gasteiger partial charge is 0.328 e. The molecular weight excluding hydrogens is 378 g/mol. The van der Waals surface area contributed by atoms with E-state index in [9.17, 15) is 14.7 Å². The van der Waals surface area contributed by atoms with Crippen molar-refractivity contribution in [2.24, 2.45) is 11.3 Å². The molecule has 1 aliphatic carbocycles. The first-order valence-electron chi connectivity index (χ1n) is 10.8. The summed E-state index contributed by atoms with van der Waals surface area (Å²) in [6, 6.07) is 9.87. The Kier molecular flexibility index (Phi) is 5.55. The molecule has 3 amide bonds. The Balaban J connectivity index is 1.33. The molecule has 4 rings (SSSR count). The zero-order valence-electron chi connectivity index (χ0n) is 17.8. The van der Waals surface area contributed by atoms with E-state index in [4.69, 9.17) is 0 Å². The van der Waals surface area contributed by atoms with E-state index in [0.29, 0.717) is 12.8 Å². The van der Waals surface area contributed by atoms with Crippen LogP contribution in [0.25, 0.3) is 0 Å². The Morgan fingerprint density at radius 2 is 1.90 bits per heavy atom. The fourth-order valence-electron chi connectivity index (χ4n) is 4.74. The van der Waals surface area contributed by atoms with Gasteiger partial charge in [-0.25, -0.2) is 9.69 Å². The molecule has 2 heterocycles. The van der Waals surface area contributed by atoms with E-state index >= 15 is 0 Å². The predicted octanol–water partition coefficient (Wildman–Crippen LogP) is 3.05. The number of piperidine rings is 1. The number of amides is 3. The van der Waals surface area contributed by atoms with Crippen molar-refractivity contribution >= 4 is 11.9 Å². The number of imide groups is 1. The highest BCUT2D eigenvalue weighted by molar-refractivity contribution is 6.02. The molecule has 1 aromatic carbocycles. The topological polar surface area (TPSA) is 72.9 Å². The number of allylic oxidation sites excluding steroid dienone is 4. The van der Waals surface area contributed by atoms with Crippen LogP contribution in [-0.2, 0) is 11.3 Å². The summed E-state index contributed by atoms with van der Waals surface area (Å²) in [5.41, 5.74) is 0.472. The maximum absolute atomic E-state index is 12.9. The molecule has 1 aromatic rings. The van der Waals surface area contributed by atoms with E-state index in [1.54, 1.807) is 0 Å². The first kappa shape index (κ1) is 20.8. The molecule has 2 saturated heterocycles. The SMILES string of the molecule is CC1(C)C(=O)N(C(=O)NCC2(O)CCN(Cc3ccccc3)CC2)C2=CC=CCC21. The van der Waals surface area contributed by atoms with Gasteiger partial charge in [0, 0.05) is 37.8 Å². The number of hydrogen-bond donors (Lipinski definition) is 2. The van der Waals surface area contributed by atoms with Gasteiger partial charge < -0.3 is 10.4 Å². The predicted molar refractivity (Wildman–Crippen MR) is 115 cm³/mol. The average Bonchev–Trinajstić information content (AvgIpc) is 2.95. The summed E-state index contributed by atoms with van der Waals surface area (Å²) in [5, 5.41) is 13.8. The third-order valence-electron chi connectivity index (χ3n) is 6.82. The number of benzene rings is 1. The standard InChI is InChI=1S/C24H31N3O3/c1-23(2)19-10-6-7-11-20(19)27(21(23)28)22(29)25-17-24(30)12-14-26(15-13-24)16-18-8-4-3-5-9-18/h3-9,11,19,30H,10,12-17H2,1-2H3,(H,25,29). The number of rotatable bonds is 4. The maximum atomic E-state index is 12.9. The van der Waals surface area contributed by atoms with E-state index in [-0.39, 0.29) is 18.4 Å². The van der Waals surface area contributed by atoms with Crippen molar-refractivity contribution in [1.29, 1.82) is 0 Å². The van der Waals surface area contributed by atoms with Crippen molar-refractivity contribution in [1.82, 2.24) is 15.1 Å². The largest absolute Gasteiger partial charge is 0.388 e. The van der Waals surface area contributed by atoms with Crippen LogP contribution in [0.1, 0.15) is 38.7 Å². The molecule has 1 atom stereocenters. The van der Waals surface area contributed by atoms with Crippen molar-refractivity contribution in [2.45, 2.75) is 45.3 Å². The van der Waals surface area contributed by atoms with Crippen LogP contribution in [-0.4, -0.2) is 52.1 Å². The summed E-state index contributed by atoms with van der Waals surface area (Å²) in [5.74, 6) is -0.158. The number of urea groups is 1. The van der Waals surface area contributed by atoms with Crippen molar-refractivity contribution in [3.05, 3.63) is 59.8 Å². The average molecular weight is 410 g/mol. The first-order valence-corrected chi connectivity index (χ1v) is 10.8. The molecule has 1 unspecified atom stereocenters. The zero-order valence-corrected chi connectivity index (χ0v) is 17.8. The number of aliphatic hydroxyl groups is 1. The summed E-state index contributed by atoms with van der Waals surface area (Å²) in [6.45, 7) is 6.36. The van der Waals surface area contributed by atoms with Crippen molar-refractivity contribution in [3.8, 4) is 0 Å². The highest BCUT2D eigenvalue weighted by atomic mass is 16.3. The van der Waals surface area contributed by atoms with Gasteiger partial charge in [0.1, 0.15) is 0 Å². The molecule has 2 N–H and O–H groups in total. The van der Waals surface area contributed by atoms with Gasteiger partial charge in [-0.05, 0) is 30.9 Å². The molecule has 6 heteroatoms. The molecule has 0 spiro atoms. The lowest BCUT2D eigenvalue weighted by atomic mass is 9.77. The monoisotopic (exact) mass is 409 g/mol. The van der Waals surface area contributed by atoms with Gasteiger partial charge in [-0.1, -0.05) is 56.3 Å². The second-order valence-electron chi connectivity index (χ2n) is 9.32. The van der Waals surface area contributed by atoms with Gasteiger partial charge in [-0.2, -0.15) is 0 Å². The molecule has 0 saturated carbocycles. The second kappa shape index (κ2) is 8.00. The third kappa shape index (κ3) is 3.94. The molecule has 0 aromatic heterocycles. The minimum Gasteiger partial charge on any atom is -0.388 e. The molecule has 30 heavy (non-hydrogen) atoms. The molecule has 6 nitrogen and oxygen atoms in total. The van der Waals surface area contributed by atoms with Gasteiger partial charge >= 0.3 is 6.03 Å². The summed E-state index contributed by atoms with van der Waals surface area (Å²) < 4.78 is 0. The molecule has 3 aliphatic rings. The highest BCUT2D eigenvalue weighted by Gasteiger charge is 2.52. The summed E-state index contributed by atoms with van der Waals surface area (Å²) in [7, 11) is 0. The van der Waals surface area contributed by atoms with Crippen molar-refractivity contribution < 1.29 is 14.7 Å². The molecule has 2 aliphatic heterocycles. The lowest BCUT2D eigenvalue weighted by Crippen LogP contribution is -2.53. The van der Waals surface area contributed by atoms with Gasteiger partial charge in [-0.3, -0.25) is 9.69 Å². The number of carbonyl (C=O) groups excluding carboxylic acids is 2. The fraction of sp³-hybridized carbons (Fsp3) is 0.500. The van der Waals surface area contributed by atoms with Crippen LogP contribution in [0.2, 0.25) is 0 Å². The number of fused-ring (bicyclic) bond motifs is 1. The fourth-order valence-corrected chi connectivity index (χ4v) is 4.74. The van der Waals surface area contributed by atoms with Crippen LogP contribution in [0.5, 0.6) is 0 Å².